The van der Waals surface area contributed by atoms with Crippen LogP contribution >= 0.6 is 11.3 Å². The lowest BCUT2D eigenvalue weighted by molar-refractivity contribution is -0.384. The van der Waals surface area contributed by atoms with Crippen LogP contribution in [0.15, 0.2) is 53.0 Å². The summed E-state index contributed by atoms with van der Waals surface area (Å²) >= 11 is 0.912. The highest BCUT2D eigenvalue weighted by Crippen LogP contribution is 2.48. The molecule has 2 aliphatic rings. The SMILES string of the molecule is Cc1cc([N+](=O)[O-])ccc1N1C(N)=C(C#N)C(c2ccc([N+](=O)[O-])s2)C2=C1CCCC2=O. The Labute approximate surface area is 186 Å². The van der Waals surface area contributed by atoms with Crippen molar-refractivity contribution in [3.8, 4) is 6.07 Å². The first-order valence-electron chi connectivity index (χ1n) is 9.69. The third-order valence-electron chi connectivity index (χ3n) is 5.62. The molecule has 0 radical (unpaired) electrons. The molecule has 0 amide bonds. The highest BCUT2D eigenvalue weighted by molar-refractivity contribution is 7.15. The Morgan fingerprint density at radius 3 is 2.53 bits per heavy atom. The number of carbonyl (C=O) groups is 1. The minimum atomic E-state index is -0.781. The summed E-state index contributed by atoms with van der Waals surface area (Å²) in [6, 6.07) is 9.31. The lowest BCUT2D eigenvalue weighted by Gasteiger charge is -2.39. The van der Waals surface area contributed by atoms with E-state index in [4.69, 9.17) is 5.73 Å². The minimum Gasteiger partial charge on any atom is -0.384 e. The maximum atomic E-state index is 13.1. The predicted octanol–water partition coefficient (Wildman–Crippen LogP) is 4.18. The molecule has 32 heavy (non-hydrogen) atoms. The summed E-state index contributed by atoms with van der Waals surface area (Å²) in [4.78, 5) is 36.5. The number of anilines is 1. The zero-order valence-corrected chi connectivity index (χ0v) is 17.7. The van der Waals surface area contributed by atoms with Crippen LogP contribution in [0.3, 0.4) is 0 Å². The number of allylic oxidation sites excluding steroid dienone is 3. The number of ketones is 1. The van der Waals surface area contributed by atoms with E-state index in [0.29, 0.717) is 46.7 Å². The van der Waals surface area contributed by atoms with Gasteiger partial charge < -0.3 is 5.73 Å². The molecule has 1 atom stereocenters. The van der Waals surface area contributed by atoms with Crippen molar-refractivity contribution >= 4 is 33.5 Å². The number of nitro benzene ring substituents is 1. The van der Waals surface area contributed by atoms with Gasteiger partial charge in [-0.1, -0.05) is 11.3 Å². The molecule has 1 aliphatic carbocycles. The molecule has 0 spiro atoms. The molecule has 1 unspecified atom stereocenters. The summed E-state index contributed by atoms with van der Waals surface area (Å²) in [5.74, 6) is -0.813. The smallest absolute Gasteiger partial charge is 0.324 e. The third kappa shape index (κ3) is 3.30. The average Bonchev–Trinajstić information content (AvgIpc) is 3.24. The number of Topliss-reactive ketones (excluding diaryl/α,β-unsaturated/α-hetero) is 1. The maximum Gasteiger partial charge on any atom is 0.324 e. The first kappa shape index (κ1) is 21.2. The molecule has 2 aromatic rings. The van der Waals surface area contributed by atoms with Crippen molar-refractivity contribution in [1.29, 1.82) is 5.26 Å². The number of thiophene rings is 1. The largest absolute Gasteiger partial charge is 0.384 e. The number of non-ortho nitro benzene ring substituents is 1. The van der Waals surface area contributed by atoms with Crippen LogP contribution in [0.25, 0.3) is 0 Å². The Morgan fingerprint density at radius 1 is 1.19 bits per heavy atom. The van der Waals surface area contributed by atoms with Gasteiger partial charge >= 0.3 is 5.00 Å². The lowest BCUT2D eigenvalue weighted by Crippen LogP contribution is -2.38. The molecular weight excluding hydrogens is 434 g/mol. The van der Waals surface area contributed by atoms with Crippen LogP contribution in [-0.2, 0) is 4.79 Å². The standard InChI is InChI=1S/C21H17N5O5S/c1-11-9-12(25(28)29)5-6-14(11)24-15-3-2-4-16(27)20(15)19(13(10-22)21(24)23)17-7-8-18(32-17)26(30)31/h5-9,19H,2-4,23H2,1H3. The molecule has 162 valence electrons. The molecule has 2 N–H and O–H groups in total. The third-order valence-corrected chi connectivity index (χ3v) is 6.72. The van der Waals surface area contributed by atoms with E-state index in [9.17, 15) is 30.3 Å². The van der Waals surface area contributed by atoms with Crippen LogP contribution in [0, 0.1) is 38.5 Å². The minimum absolute atomic E-state index is 0.0796. The summed E-state index contributed by atoms with van der Waals surface area (Å²) in [7, 11) is 0. The Bertz CT molecular complexity index is 1290. The molecule has 0 saturated heterocycles. The van der Waals surface area contributed by atoms with Crippen molar-refractivity contribution in [2.75, 3.05) is 4.90 Å². The Balaban J connectivity index is 1.94. The number of hydrogen-bond acceptors (Lipinski definition) is 9. The zero-order valence-electron chi connectivity index (χ0n) is 16.9. The van der Waals surface area contributed by atoms with Crippen molar-refractivity contribution in [2.45, 2.75) is 32.1 Å². The second-order valence-electron chi connectivity index (χ2n) is 7.48. The molecule has 2 heterocycles. The van der Waals surface area contributed by atoms with Gasteiger partial charge in [-0.05, 0) is 37.5 Å². The van der Waals surface area contributed by atoms with Crippen molar-refractivity contribution < 1.29 is 14.6 Å². The van der Waals surface area contributed by atoms with E-state index in [1.165, 1.54) is 18.2 Å². The zero-order chi connectivity index (χ0) is 23.2. The van der Waals surface area contributed by atoms with E-state index in [2.05, 4.69) is 6.07 Å². The molecular formula is C21H17N5O5S. The van der Waals surface area contributed by atoms with Crippen molar-refractivity contribution in [3.63, 3.8) is 0 Å². The summed E-state index contributed by atoms with van der Waals surface area (Å²) in [5, 5.41) is 32.2. The fourth-order valence-electron chi connectivity index (χ4n) is 4.25. The van der Waals surface area contributed by atoms with Gasteiger partial charge in [-0.15, -0.1) is 0 Å². The second kappa shape index (κ2) is 7.90. The highest BCUT2D eigenvalue weighted by Gasteiger charge is 2.41. The molecule has 1 aromatic carbocycles. The number of hydrogen-bond donors (Lipinski definition) is 1. The van der Waals surface area contributed by atoms with Gasteiger partial charge in [0.15, 0.2) is 5.78 Å². The molecule has 0 saturated carbocycles. The van der Waals surface area contributed by atoms with Crippen molar-refractivity contribution in [3.05, 3.63) is 83.7 Å². The van der Waals surface area contributed by atoms with Gasteiger partial charge in [0.2, 0.25) is 0 Å². The molecule has 0 bridgehead atoms. The first-order valence-corrected chi connectivity index (χ1v) is 10.5. The van der Waals surface area contributed by atoms with Crippen LogP contribution in [0.5, 0.6) is 0 Å². The van der Waals surface area contributed by atoms with E-state index in [1.54, 1.807) is 24.0 Å². The van der Waals surface area contributed by atoms with Gasteiger partial charge in [0.25, 0.3) is 5.69 Å². The molecule has 1 aliphatic heterocycles. The van der Waals surface area contributed by atoms with Gasteiger partial charge in [0.05, 0.1) is 33.1 Å². The number of carbonyl (C=O) groups excluding carboxylic acids is 1. The fraction of sp³-hybridized carbons (Fsp3) is 0.238. The van der Waals surface area contributed by atoms with Crippen molar-refractivity contribution in [2.24, 2.45) is 5.73 Å². The highest BCUT2D eigenvalue weighted by atomic mass is 32.1. The molecule has 11 heteroatoms. The van der Waals surface area contributed by atoms with Gasteiger partial charge in [0, 0.05) is 40.8 Å². The predicted molar refractivity (Wildman–Crippen MR) is 117 cm³/mol. The number of nitrogens with two attached hydrogens (primary N) is 1. The number of benzene rings is 1. The number of nitriles is 1. The normalized spacial score (nSPS) is 18.4. The second-order valence-corrected chi connectivity index (χ2v) is 8.57. The maximum absolute atomic E-state index is 13.1. The van der Waals surface area contributed by atoms with E-state index >= 15 is 0 Å². The summed E-state index contributed by atoms with van der Waals surface area (Å²) in [6.45, 7) is 1.70. The van der Waals surface area contributed by atoms with E-state index in [1.807, 2.05) is 0 Å². The van der Waals surface area contributed by atoms with Crippen LogP contribution in [0.2, 0.25) is 0 Å². The van der Waals surface area contributed by atoms with E-state index in [-0.39, 0.29) is 27.9 Å². The monoisotopic (exact) mass is 451 g/mol. The van der Waals surface area contributed by atoms with E-state index < -0.39 is 15.8 Å². The number of rotatable bonds is 4. The summed E-state index contributed by atoms with van der Waals surface area (Å²) < 4.78 is 0. The van der Waals surface area contributed by atoms with Gasteiger partial charge in [-0.25, -0.2) is 0 Å². The first-order chi connectivity index (χ1) is 15.2. The molecule has 0 fully saturated rings. The van der Waals surface area contributed by atoms with Gasteiger partial charge in [-0.2, -0.15) is 5.26 Å². The Morgan fingerprint density at radius 2 is 1.94 bits per heavy atom. The topological polar surface area (TPSA) is 156 Å². The van der Waals surface area contributed by atoms with Crippen LogP contribution < -0.4 is 10.6 Å². The number of nitrogens with zero attached hydrogens (tertiary/aromatic N) is 4. The van der Waals surface area contributed by atoms with E-state index in [0.717, 1.165) is 11.3 Å². The average molecular weight is 451 g/mol. The van der Waals surface area contributed by atoms with Crippen molar-refractivity contribution in [1.82, 2.24) is 0 Å². The quantitative estimate of drug-likeness (QED) is 0.536. The summed E-state index contributed by atoms with van der Waals surface area (Å²) in [5.41, 5.74) is 8.62. The van der Waals surface area contributed by atoms with Crippen LogP contribution in [0.4, 0.5) is 16.4 Å². The Hall–Kier alpha value is -4.04. The number of aryl methyl sites for hydroxylation is 1. The number of nitro groups is 2. The molecule has 4 rings (SSSR count). The molecule has 10 nitrogen and oxygen atoms in total. The lowest BCUT2D eigenvalue weighted by atomic mass is 9.78. The van der Waals surface area contributed by atoms with Crippen LogP contribution in [-0.4, -0.2) is 15.6 Å². The summed E-state index contributed by atoms with van der Waals surface area (Å²) in [6.07, 6.45) is 1.40. The van der Waals surface area contributed by atoms with Gasteiger partial charge in [-0.3, -0.25) is 29.9 Å². The van der Waals surface area contributed by atoms with Gasteiger partial charge in [0.1, 0.15) is 5.82 Å². The van der Waals surface area contributed by atoms with Crippen LogP contribution in [0.1, 0.15) is 35.6 Å². The fourth-order valence-corrected chi connectivity index (χ4v) is 5.19. The molecule has 1 aromatic heterocycles. The Kier molecular flexibility index (Phi) is 5.23.